The zero-order chi connectivity index (χ0) is 15.7. The third-order valence-corrected chi connectivity index (χ3v) is 4.00. The Kier molecular flexibility index (Phi) is 4.12. The van der Waals surface area contributed by atoms with Gasteiger partial charge < -0.3 is 30.3 Å². The number of nitrogens with one attached hydrogen (secondary N) is 1. The lowest BCUT2D eigenvalue weighted by Crippen LogP contribution is -2.47. The van der Waals surface area contributed by atoms with Crippen LogP contribution in [-0.4, -0.2) is 48.8 Å². The van der Waals surface area contributed by atoms with Gasteiger partial charge in [0.05, 0.1) is 31.1 Å². The third-order valence-electron chi connectivity index (χ3n) is 4.00. The van der Waals surface area contributed by atoms with Crippen molar-refractivity contribution in [3.63, 3.8) is 0 Å². The molecular formula is C15H19N3O4. The highest BCUT2D eigenvalue weighted by molar-refractivity contribution is 5.42. The summed E-state index contributed by atoms with van der Waals surface area (Å²) >= 11 is 0. The van der Waals surface area contributed by atoms with Crippen LogP contribution in [0.25, 0.3) is 0 Å². The van der Waals surface area contributed by atoms with Gasteiger partial charge in [0, 0.05) is 5.69 Å². The van der Waals surface area contributed by atoms with E-state index in [0.29, 0.717) is 12.2 Å². The van der Waals surface area contributed by atoms with Crippen LogP contribution in [0.15, 0.2) is 36.5 Å². The minimum absolute atomic E-state index is 0.252. The fourth-order valence-electron chi connectivity index (χ4n) is 2.80. The van der Waals surface area contributed by atoms with Crippen molar-refractivity contribution in [2.24, 2.45) is 0 Å². The summed E-state index contributed by atoms with van der Waals surface area (Å²) in [7, 11) is 0. The zero-order valence-corrected chi connectivity index (χ0v) is 11.9. The number of aliphatic hydroxyl groups is 4. The van der Waals surface area contributed by atoms with Gasteiger partial charge in [-0.25, -0.2) is 4.98 Å². The molecule has 0 spiro atoms. The van der Waals surface area contributed by atoms with E-state index in [4.69, 9.17) is 0 Å². The summed E-state index contributed by atoms with van der Waals surface area (Å²) in [5.74, 6) is 0.252. The molecule has 118 valence electrons. The smallest absolute Gasteiger partial charge is 0.141 e. The molecule has 0 amide bonds. The fourth-order valence-corrected chi connectivity index (χ4v) is 2.80. The Balaban J connectivity index is 1.87. The van der Waals surface area contributed by atoms with E-state index in [9.17, 15) is 20.4 Å². The SMILES string of the molecule is OC[C@@H]1[C@@H](O)[C@H](O)[C@@H](O)c2ncc(CNc3ccccc3)n21. The Labute approximate surface area is 127 Å². The maximum Gasteiger partial charge on any atom is 0.141 e. The number of anilines is 1. The van der Waals surface area contributed by atoms with Crippen LogP contribution in [-0.2, 0) is 6.54 Å². The van der Waals surface area contributed by atoms with Gasteiger partial charge in [0.15, 0.2) is 0 Å². The number of rotatable bonds is 4. The molecule has 0 unspecified atom stereocenters. The first-order valence-electron chi connectivity index (χ1n) is 7.13. The Morgan fingerprint density at radius 2 is 1.82 bits per heavy atom. The molecule has 1 aliphatic heterocycles. The van der Waals surface area contributed by atoms with Crippen molar-refractivity contribution in [3.8, 4) is 0 Å². The summed E-state index contributed by atoms with van der Waals surface area (Å²) in [6.07, 6.45) is -2.32. The van der Waals surface area contributed by atoms with Crippen molar-refractivity contribution >= 4 is 5.69 Å². The maximum atomic E-state index is 10.0. The van der Waals surface area contributed by atoms with E-state index in [-0.39, 0.29) is 12.4 Å². The Morgan fingerprint density at radius 1 is 1.09 bits per heavy atom. The number of imidazole rings is 1. The molecule has 0 saturated carbocycles. The minimum atomic E-state index is -1.36. The molecule has 1 aromatic carbocycles. The maximum absolute atomic E-state index is 10.0. The normalized spacial score (nSPS) is 27.5. The molecule has 2 aromatic rings. The summed E-state index contributed by atoms with van der Waals surface area (Å²) < 4.78 is 1.60. The summed E-state index contributed by atoms with van der Waals surface area (Å²) in [5, 5.41) is 42.6. The Bertz CT molecular complexity index is 631. The van der Waals surface area contributed by atoms with Crippen LogP contribution in [0.3, 0.4) is 0 Å². The minimum Gasteiger partial charge on any atom is -0.394 e. The van der Waals surface area contributed by atoms with Gasteiger partial charge in [-0.2, -0.15) is 0 Å². The van der Waals surface area contributed by atoms with Gasteiger partial charge in [-0.3, -0.25) is 0 Å². The van der Waals surface area contributed by atoms with E-state index >= 15 is 0 Å². The van der Waals surface area contributed by atoms with Crippen molar-refractivity contribution in [1.82, 2.24) is 9.55 Å². The van der Waals surface area contributed by atoms with Crippen LogP contribution >= 0.6 is 0 Å². The third kappa shape index (κ3) is 2.48. The van der Waals surface area contributed by atoms with Gasteiger partial charge in [0.2, 0.25) is 0 Å². The quantitative estimate of drug-likeness (QED) is 0.535. The standard InChI is InChI=1S/C15H19N3O4/c19-8-11-12(20)13(21)14(22)15-17-7-10(18(11)15)6-16-9-4-2-1-3-5-9/h1-5,7,11-14,16,19-22H,6,8H2/t11-,12-,13+,14-/m1/s1. The van der Waals surface area contributed by atoms with Crippen LogP contribution in [0, 0.1) is 0 Å². The molecule has 4 atom stereocenters. The first kappa shape index (κ1) is 15.0. The largest absolute Gasteiger partial charge is 0.394 e. The van der Waals surface area contributed by atoms with Crippen LogP contribution in [0.2, 0.25) is 0 Å². The van der Waals surface area contributed by atoms with Crippen molar-refractivity contribution in [1.29, 1.82) is 0 Å². The van der Waals surface area contributed by atoms with Gasteiger partial charge in [-0.05, 0) is 12.1 Å². The summed E-state index contributed by atoms with van der Waals surface area (Å²) in [6, 6.07) is 8.85. The molecule has 1 aliphatic rings. The average molecular weight is 305 g/mol. The molecular weight excluding hydrogens is 286 g/mol. The number of aliphatic hydroxyl groups excluding tert-OH is 4. The van der Waals surface area contributed by atoms with Gasteiger partial charge in [0.1, 0.15) is 24.1 Å². The molecule has 22 heavy (non-hydrogen) atoms. The first-order chi connectivity index (χ1) is 10.6. The lowest BCUT2D eigenvalue weighted by atomic mass is 9.96. The Morgan fingerprint density at radius 3 is 2.50 bits per heavy atom. The zero-order valence-electron chi connectivity index (χ0n) is 11.9. The number of hydrogen-bond donors (Lipinski definition) is 5. The number of para-hydroxylation sites is 1. The number of hydrogen-bond acceptors (Lipinski definition) is 6. The van der Waals surface area contributed by atoms with Gasteiger partial charge in [-0.15, -0.1) is 0 Å². The van der Waals surface area contributed by atoms with Crippen LogP contribution < -0.4 is 5.32 Å². The fraction of sp³-hybridized carbons (Fsp3) is 0.400. The van der Waals surface area contributed by atoms with E-state index < -0.39 is 24.4 Å². The summed E-state index contributed by atoms with van der Waals surface area (Å²) in [6.45, 7) is 0.0652. The van der Waals surface area contributed by atoms with E-state index in [1.807, 2.05) is 30.3 Å². The molecule has 5 N–H and O–H groups in total. The van der Waals surface area contributed by atoms with Crippen LogP contribution in [0.4, 0.5) is 5.69 Å². The monoisotopic (exact) mass is 305 g/mol. The lowest BCUT2D eigenvalue weighted by Gasteiger charge is -2.36. The second-order valence-corrected chi connectivity index (χ2v) is 5.37. The molecule has 0 saturated heterocycles. The summed E-state index contributed by atoms with van der Waals surface area (Å²) in [4.78, 5) is 4.12. The van der Waals surface area contributed by atoms with E-state index in [1.165, 1.54) is 0 Å². The van der Waals surface area contributed by atoms with Gasteiger partial charge in [0.25, 0.3) is 0 Å². The molecule has 0 bridgehead atoms. The van der Waals surface area contributed by atoms with Crippen molar-refractivity contribution < 1.29 is 20.4 Å². The number of benzene rings is 1. The second kappa shape index (κ2) is 6.05. The van der Waals surface area contributed by atoms with Crippen molar-refractivity contribution in [3.05, 3.63) is 48.0 Å². The highest BCUT2D eigenvalue weighted by Crippen LogP contribution is 2.33. The highest BCUT2D eigenvalue weighted by Gasteiger charge is 2.42. The number of fused-ring (bicyclic) bond motifs is 1. The lowest BCUT2D eigenvalue weighted by molar-refractivity contribution is -0.109. The van der Waals surface area contributed by atoms with Gasteiger partial charge >= 0.3 is 0 Å². The first-order valence-corrected chi connectivity index (χ1v) is 7.13. The second-order valence-electron chi connectivity index (χ2n) is 5.37. The summed E-state index contributed by atoms with van der Waals surface area (Å²) in [5.41, 5.74) is 1.64. The predicted molar refractivity (Wildman–Crippen MR) is 79.1 cm³/mol. The molecule has 2 heterocycles. The van der Waals surface area contributed by atoms with Crippen molar-refractivity contribution in [2.45, 2.75) is 30.9 Å². The van der Waals surface area contributed by atoms with E-state index in [0.717, 1.165) is 5.69 Å². The average Bonchev–Trinajstić information content (AvgIpc) is 2.96. The Hall–Kier alpha value is -1.93. The van der Waals surface area contributed by atoms with Crippen molar-refractivity contribution in [2.75, 3.05) is 11.9 Å². The molecule has 0 fully saturated rings. The van der Waals surface area contributed by atoms with Crippen LogP contribution in [0.5, 0.6) is 0 Å². The van der Waals surface area contributed by atoms with Gasteiger partial charge in [-0.1, -0.05) is 18.2 Å². The molecule has 0 aliphatic carbocycles. The topological polar surface area (TPSA) is 111 Å². The van der Waals surface area contributed by atoms with E-state index in [1.54, 1.807) is 10.8 Å². The number of nitrogens with zero attached hydrogens (tertiary/aromatic N) is 2. The molecule has 1 aromatic heterocycles. The molecule has 3 rings (SSSR count). The molecule has 7 nitrogen and oxygen atoms in total. The number of aromatic nitrogens is 2. The highest BCUT2D eigenvalue weighted by atomic mass is 16.4. The van der Waals surface area contributed by atoms with Crippen LogP contribution in [0.1, 0.15) is 23.7 Å². The molecule has 7 heteroatoms. The molecule has 0 radical (unpaired) electrons. The predicted octanol–water partition coefficient (Wildman–Crippen LogP) is -0.203. The van der Waals surface area contributed by atoms with E-state index in [2.05, 4.69) is 10.3 Å².